The highest BCUT2D eigenvalue weighted by molar-refractivity contribution is 6.32. The second-order valence-corrected chi connectivity index (χ2v) is 8.36. The van der Waals surface area contributed by atoms with Crippen molar-refractivity contribution in [3.63, 3.8) is 0 Å². The van der Waals surface area contributed by atoms with Crippen molar-refractivity contribution in [1.29, 1.82) is 0 Å². The van der Waals surface area contributed by atoms with E-state index in [1.807, 2.05) is 0 Å². The molecule has 0 nitrogen and oxygen atoms in total. The van der Waals surface area contributed by atoms with Crippen molar-refractivity contribution in [2.45, 2.75) is 45.4 Å². The van der Waals surface area contributed by atoms with Crippen molar-refractivity contribution < 1.29 is 0 Å². The van der Waals surface area contributed by atoms with Gasteiger partial charge in [0.25, 0.3) is 0 Å². The zero-order chi connectivity index (χ0) is 18.9. The maximum Gasteiger partial charge on any atom is -0.00264 e. The number of rotatable bonds is 3. The van der Waals surface area contributed by atoms with Crippen LogP contribution in [0.5, 0.6) is 0 Å². The van der Waals surface area contributed by atoms with Crippen molar-refractivity contribution in [2.75, 3.05) is 0 Å². The standard InChI is InChI=1S/C20H12.C8H16/c1-5-13-6-2-11-17-18-12-4-8-14-7-3-10-16(20(14)18)15(9-1)19(13)17;1-2-3-5-8-6-4-7-8/h1-12H;8H,2-7H2,1H3. The molecule has 0 radical (unpaired) electrons. The van der Waals surface area contributed by atoms with Crippen molar-refractivity contribution in [1.82, 2.24) is 0 Å². The first kappa shape index (κ1) is 17.5. The molecule has 5 aromatic carbocycles. The Kier molecular flexibility index (Phi) is 4.64. The van der Waals surface area contributed by atoms with Gasteiger partial charge in [-0.25, -0.2) is 0 Å². The Morgan fingerprint density at radius 2 is 1.07 bits per heavy atom. The highest BCUT2D eigenvalue weighted by Gasteiger charge is 2.15. The molecule has 0 heteroatoms. The predicted molar refractivity (Wildman–Crippen MR) is 125 cm³/mol. The molecule has 140 valence electrons. The maximum absolute atomic E-state index is 2.28. The first-order chi connectivity index (χ1) is 13.9. The summed E-state index contributed by atoms with van der Waals surface area (Å²) in [5.41, 5.74) is 0. The Labute approximate surface area is 167 Å². The fraction of sp³-hybridized carbons (Fsp3) is 0.286. The minimum atomic E-state index is 1.13. The number of fused-ring (bicyclic) bond motifs is 2. The molecule has 0 atom stereocenters. The highest BCUT2D eigenvalue weighted by Crippen LogP contribution is 2.39. The number of hydrogen-bond donors (Lipinski definition) is 0. The Bertz CT molecular complexity index is 1060. The van der Waals surface area contributed by atoms with Crippen LogP contribution in [0.25, 0.3) is 43.1 Å². The van der Waals surface area contributed by atoms with E-state index in [4.69, 9.17) is 0 Å². The maximum atomic E-state index is 2.28. The zero-order valence-electron chi connectivity index (χ0n) is 16.7. The molecule has 0 N–H and O–H groups in total. The molecule has 0 spiro atoms. The lowest BCUT2D eigenvalue weighted by molar-refractivity contribution is 0.289. The van der Waals surface area contributed by atoms with Gasteiger partial charge in [-0.1, -0.05) is 118 Å². The molecule has 0 aromatic heterocycles. The average Bonchev–Trinajstić information content (AvgIpc) is 2.71. The van der Waals surface area contributed by atoms with Gasteiger partial charge in [0.05, 0.1) is 0 Å². The summed E-state index contributed by atoms with van der Waals surface area (Å²) in [6, 6.07) is 26.4. The van der Waals surface area contributed by atoms with Crippen LogP contribution < -0.4 is 0 Å². The van der Waals surface area contributed by atoms with Crippen LogP contribution in [0.1, 0.15) is 45.4 Å². The lowest BCUT2D eigenvalue weighted by Gasteiger charge is -2.24. The van der Waals surface area contributed by atoms with Crippen LogP contribution in [0.3, 0.4) is 0 Å². The van der Waals surface area contributed by atoms with Crippen LogP contribution >= 0.6 is 0 Å². The van der Waals surface area contributed by atoms with Gasteiger partial charge < -0.3 is 0 Å². The van der Waals surface area contributed by atoms with E-state index in [-0.39, 0.29) is 0 Å². The first-order valence-corrected chi connectivity index (χ1v) is 10.9. The van der Waals surface area contributed by atoms with Gasteiger partial charge in [0.2, 0.25) is 0 Å². The van der Waals surface area contributed by atoms with Crippen LogP contribution in [0.4, 0.5) is 0 Å². The normalized spacial score (nSPS) is 14.5. The Morgan fingerprint density at radius 1 is 0.643 bits per heavy atom. The molecule has 0 unspecified atom stereocenters. The molecule has 5 aromatic rings. The van der Waals surface area contributed by atoms with Crippen molar-refractivity contribution >= 4 is 43.1 Å². The molecule has 0 heterocycles. The summed E-state index contributed by atoms with van der Waals surface area (Å²) >= 11 is 0. The Hall–Kier alpha value is -2.60. The molecular formula is C28H28. The van der Waals surface area contributed by atoms with E-state index in [0.29, 0.717) is 0 Å². The van der Waals surface area contributed by atoms with Gasteiger partial charge in [-0.05, 0) is 49.0 Å². The van der Waals surface area contributed by atoms with E-state index >= 15 is 0 Å². The second kappa shape index (κ2) is 7.43. The SMILES string of the molecule is CCCCC1CCC1.c1cc2cccc3c4cccc5cccc(c(c1)c23)c54. The van der Waals surface area contributed by atoms with Gasteiger partial charge >= 0.3 is 0 Å². The quantitative estimate of drug-likeness (QED) is 0.222. The largest absolute Gasteiger partial charge is 0.0654 e. The summed E-state index contributed by atoms with van der Waals surface area (Å²) in [4.78, 5) is 0. The third-order valence-corrected chi connectivity index (χ3v) is 6.58. The molecule has 28 heavy (non-hydrogen) atoms. The van der Waals surface area contributed by atoms with Crippen LogP contribution in [0.2, 0.25) is 0 Å². The van der Waals surface area contributed by atoms with Gasteiger partial charge in [0, 0.05) is 0 Å². The van der Waals surface area contributed by atoms with Crippen LogP contribution in [0, 0.1) is 5.92 Å². The van der Waals surface area contributed by atoms with Gasteiger partial charge in [-0.15, -0.1) is 0 Å². The van der Waals surface area contributed by atoms with Crippen molar-refractivity contribution in [3.8, 4) is 0 Å². The molecule has 0 amide bonds. The van der Waals surface area contributed by atoms with Gasteiger partial charge in [0.15, 0.2) is 0 Å². The zero-order valence-corrected chi connectivity index (χ0v) is 16.7. The predicted octanol–water partition coefficient (Wildman–Crippen LogP) is 8.71. The summed E-state index contributed by atoms with van der Waals surface area (Å²) in [6.45, 7) is 2.28. The highest BCUT2D eigenvalue weighted by atomic mass is 14.2. The Balaban J connectivity index is 0.000000181. The molecule has 0 aliphatic heterocycles. The summed E-state index contributed by atoms with van der Waals surface area (Å²) in [5.74, 6) is 1.13. The van der Waals surface area contributed by atoms with Gasteiger partial charge in [0.1, 0.15) is 0 Å². The summed E-state index contributed by atoms with van der Waals surface area (Å²) in [5, 5.41) is 10.9. The number of unbranched alkanes of at least 4 members (excludes halogenated alkanes) is 1. The second-order valence-electron chi connectivity index (χ2n) is 8.36. The van der Waals surface area contributed by atoms with E-state index in [9.17, 15) is 0 Å². The molecule has 1 saturated carbocycles. The molecule has 1 aliphatic carbocycles. The fourth-order valence-electron chi connectivity index (χ4n) is 4.85. The van der Waals surface area contributed by atoms with E-state index in [0.717, 1.165) is 5.92 Å². The van der Waals surface area contributed by atoms with E-state index < -0.39 is 0 Å². The van der Waals surface area contributed by atoms with Crippen LogP contribution in [0.15, 0.2) is 72.8 Å². The van der Waals surface area contributed by atoms with Crippen molar-refractivity contribution in [2.24, 2.45) is 5.92 Å². The topological polar surface area (TPSA) is 0 Å². The smallest absolute Gasteiger partial charge is 0.00264 e. The average molecular weight is 365 g/mol. The number of hydrogen-bond acceptors (Lipinski definition) is 0. The minimum Gasteiger partial charge on any atom is -0.0654 e. The summed E-state index contributed by atoms with van der Waals surface area (Å²) < 4.78 is 0. The van der Waals surface area contributed by atoms with E-state index in [2.05, 4.69) is 79.7 Å². The van der Waals surface area contributed by atoms with Crippen molar-refractivity contribution in [3.05, 3.63) is 72.8 Å². The van der Waals surface area contributed by atoms with E-state index in [1.54, 1.807) is 0 Å². The van der Waals surface area contributed by atoms with Crippen LogP contribution in [-0.4, -0.2) is 0 Å². The molecule has 1 aliphatic rings. The summed E-state index contributed by atoms with van der Waals surface area (Å²) in [6.07, 6.45) is 8.92. The van der Waals surface area contributed by atoms with Gasteiger partial charge in [-0.3, -0.25) is 0 Å². The third-order valence-electron chi connectivity index (χ3n) is 6.58. The number of benzene rings is 5. The Morgan fingerprint density at radius 3 is 1.39 bits per heavy atom. The molecule has 1 fully saturated rings. The summed E-state index contributed by atoms with van der Waals surface area (Å²) in [7, 11) is 0. The monoisotopic (exact) mass is 364 g/mol. The lowest BCUT2D eigenvalue weighted by atomic mass is 9.82. The first-order valence-electron chi connectivity index (χ1n) is 10.9. The van der Waals surface area contributed by atoms with E-state index in [1.165, 1.54) is 81.6 Å². The van der Waals surface area contributed by atoms with Crippen LogP contribution in [-0.2, 0) is 0 Å². The molecular weight excluding hydrogens is 336 g/mol. The van der Waals surface area contributed by atoms with Gasteiger partial charge in [-0.2, -0.15) is 0 Å². The lowest BCUT2D eigenvalue weighted by Crippen LogP contribution is -2.09. The minimum absolute atomic E-state index is 1.13. The fourth-order valence-corrected chi connectivity index (χ4v) is 4.85. The molecule has 6 rings (SSSR count). The molecule has 0 saturated heterocycles. The molecule has 0 bridgehead atoms. The third kappa shape index (κ3) is 2.92.